The number of carbonyl (C=O) groups is 2. The van der Waals surface area contributed by atoms with E-state index in [2.05, 4.69) is 5.10 Å². The van der Waals surface area contributed by atoms with Gasteiger partial charge in [0.05, 0.1) is 17.8 Å². The van der Waals surface area contributed by atoms with Crippen molar-refractivity contribution in [2.24, 2.45) is 0 Å². The smallest absolute Gasteiger partial charge is 0.259 e. The fraction of sp³-hybridized carbons (Fsp3) is 0.353. The van der Waals surface area contributed by atoms with E-state index in [4.69, 9.17) is 0 Å². The molecule has 0 unspecified atom stereocenters. The monoisotopic (exact) mass is 297 g/mol. The molecular formula is C17H19N3O2. The van der Waals surface area contributed by atoms with Crippen LogP contribution in [0.1, 0.15) is 35.0 Å². The van der Waals surface area contributed by atoms with Gasteiger partial charge in [-0.05, 0) is 45.4 Å². The van der Waals surface area contributed by atoms with Crippen LogP contribution >= 0.6 is 0 Å². The van der Waals surface area contributed by atoms with Crippen LogP contribution < -0.4 is 4.90 Å². The van der Waals surface area contributed by atoms with Crippen molar-refractivity contribution in [3.63, 3.8) is 0 Å². The number of hydrogen-bond acceptors (Lipinski definition) is 3. The van der Waals surface area contributed by atoms with E-state index in [0.717, 1.165) is 22.5 Å². The van der Waals surface area contributed by atoms with Crippen LogP contribution in [0.2, 0.25) is 0 Å². The maximum atomic E-state index is 12.8. The molecule has 1 atom stereocenters. The molecule has 1 saturated heterocycles. The van der Waals surface area contributed by atoms with Crippen LogP contribution in [0.15, 0.2) is 24.3 Å². The molecule has 0 N–H and O–H groups in total. The highest BCUT2D eigenvalue weighted by Gasteiger charge is 2.42. The maximum absolute atomic E-state index is 12.8. The lowest BCUT2D eigenvalue weighted by molar-refractivity contribution is -0.122. The highest BCUT2D eigenvalue weighted by atomic mass is 16.2. The Hall–Kier alpha value is -2.43. The highest BCUT2D eigenvalue weighted by molar-refractivity contribution is 6.22. The summed E-state index contributed by atoms with van der Waals surface area (Å²) in [4.78, 5) is 26.4. The average Bonchev–Trinajstić information content (AvgIpc) is 2.90. The van der Waals surface area contributed by atoms with Crippen molar-refractivity contribution in [3.8, 4) is 0 Å². The summed E-state index contributed by atoms with van der Waals surface area (Å²) in [5.74, 6) is -0.377. The Kier molecular flexibility index (Phi) is 3.35. The summed E-state index contributed by atoms with van der Waals surface area (Å²) in [5.41, 5.74) is 4.45. The number of nitrogens with zero attached hydrogens (tertiary/aromatic N) is 3. The minimum atomic E-state index is -0.540. The summed E-state index contributed by atoms with van der Waals surface area (Å²) < 4.78 is 1.67. The molecule has 1 aromatic carbocycles. The zero-order chi connectivity index (χ0) is 16.0. The Morgan fingerprint density at radius 2 is 1.82 bits per heavy atom. The van der Waals surface area contributed by atoms with Crippen LogP contribution in [-0.4, -0.2) is 21.6 Å². The van der Waals surface area contributed by atoms with Gasteiger partial charge in [-0.15, -0.1) is 0 Å². The number of carbonyl (C=O) groups excluding carboxylic acids is 2. The van der Waals surface area contributed by atoms with E-state index in [-0.39, 0.29) is 18.2 Å². The van der Waals surface area contributed by atoms with Gasteiger partial charge in [0.2, 0.25) is 5.91 Å². The molecule has 1 aromatic heterocycles. The zero-order valence-corrected chi connectivity index (χ0v) is 13.3. The molecule has 1 aliphatic rings. The average molecular weight is 297 g/mol. The Morgan fingerprint density at radius 1 is 1.09 bits per heavy atom. The van der Waals surface area contributed by atoms with Crippen LogP contribution in [-0.2, 0) is 9.59 Å². The third kappa shape index (κ3) is 2.22. The van der Waals surface area contributed by atoms with Crippen LogP contribution in [0.3, 0.4) is 0 Å². The molecule has 2 aromatic rings. The highest BCUT2D eigenvalue weighted by Crippen LogP contribution is 2.32. The second kappa shape index (κ2) is 5.09. The van der Waals surface area contributed by atoms with Gasteiger partial charge in [0.15, 0.2) is 0 Å². The molecule has 114 valence electrons. The van der Waals surface area contributed by atoms with Crippen molar-refractivity contribution >= 4 is 17.5 Å². The lowest BCUT2D eigenvalue weighted by Crippen LogP contribution is -2.32. The van der Waals surface area contributed by atoms with Crippen LogP contribution in [0.25, 0.3) is 0 Å². The second-order valence-corrected chi connectivity index (χ2v) is 5.95. The molecule has 0 aliphatic carbocycles. The number of imide groups is 1. The van der Waals surface area contributed by atoms with Gasteiger partial charge in [0.1, 0.15) is 6.04 Å². The second-order valence-electron chi connectivity index (χ2n) is 5.95. The molecule has 22 heavy (non-hydrogen) atoms. The van der Waals surface area contributed by atoms with Crippen molar-refractivity contribution in [1.29, 1.82) is 0 Å². The van der Waals surface area contributed by atoms with Crippen molar-refractivity contribution in [2.45, 2.75) is 40.2 Å². The third-order valence-electron chi connectivity index (χ3n) is 4.06. The summed E-state index contributed by atoms with van der Waals surface area (Å²) >= 11 is 0. The maximum Gasteiger partial charge on any atom is 0.259 e. The number of amides is 2. The minimum absolute atomic E-state index is 0.161. The summed E-state index contributed by atoms with van der Waals surface area (Å²) in [6, 6.07) is 7.11. The normalized spacial score (nSPS) is 18.4. The van der Waals surface area contributed by atoms with Crippen molar-refractivity contribution in [2.75, 3.05) is 4.90 Å². The van der Waals surface area contributed by atoms with Gasteiger partial charge >= 0.3 is 0 Å². The van der Waals surface area contributed by atoms with E-state index in [1.54, 1.807) is 4.68 Å². The molecule has 5 heteroatoms. The first-order chi connectivity index (χ1) is 10.4. The van der Waals surface area contributed by atoms with Crippen LogP contribution in [0.5, 0.6) is 0 Å². The SMILES string of the molecule is Cc1ccc(N2C(=O)C[C@@H](n3nc(C)cc3C)C2=O)c(C)c1. The summed E-state index contributed by atoms with van der Waals surface area (Å²) in [5, 5.41) is 4.36. The Bertz CT molecular complexity index is 776. The Morgan fingerprint density at radius 3 is 2.41 bits per heavy atom. The van der Waals surface area contributed by atoms with Gasteiger partial charge in [-0.2, -0.15) is 5.10 Å². The topological polar surface area (TPSA) is 55.2 Å². The zero-order valence-electron chi connectivity index (χ0n) is 13.3. The number of anilines is 1. The summed E-state index contributed by atoms with van der Waals surface area (Å²) in [7, 11) is 0. The fourth-order valence-electron chi connectivity index (χ4n) is 3.08. The van der Waals surface area contributed by atoms with Gasteiger partial charge in [0.25, 0.3) is 5.91 Å². The molecule has 3 rings (SSSR count). The number of benzene rings is 1. The van der Waals surface area contributed by atoms with Crippen LogP contribution in [0.4, 0.5) is 5.69 Å². The van der Waals surface area contributed by atoms with E-state index in [9.17, 15) is 9.59 Å². The summed E-state index contributed by atoms with van der Waals surface area (Å²) in [6.07, 6.45) is 0.161. The number of hydrogen-bond donors (Lipinski definition) is 0. The first kappa shape index (κ1) is 14.5. The van der Waals surface area contributed by atoms with E-state index in [0.29, 0.717) is 5.69 Å². The minimum Gasteiger partial charge on any atom is -0.274 e. The van der Waals surface area contributed by atoms with E-state index in [1.807, 2.05) is 52.0 Å². The van der Waals surface area contributed by atoms with E-state index >= 15 is 0 Å². The molecule has 0 radical (unpaired) electrons. The number of rotatable bonds is 2. The molecule has 1 fully saturated rings. The summed E-state index contributed by atoms with van der Waals surface area (Å²) in [6.45, 7) is 7.69. The quantitative estimate of drug-likeness (QED) is 0.801. The Labute approximate surface area is 129 Å². The molecule has 0 saturated carbocycles. The van der Waals surface area contributed by atoms with Gasteiger partial charge in [-0.25, -0.2) is 4.90 Å². The van der Waals surface area contributed by atoms with Gasteiger partial charge in [0, 0.05) is 5.69 Å². The lowest BCUT2D eigenvalue weighted by atomic mass is 10.1. The molecule has 5 nitrogen and oxygen atoms in total. The van der Waals surface area contributed by atoms with Crippen molar-refractivity contribution < 1.29 is 9.59 Å². The fourth-order valence-corrected chi connectivity index (χ4v) is 3.08. The van der Waals surface area contributed by atoms with Gasteiger partial charge in [-0.3, -0.25) is 14.3 Å². The third-order valence-corrected chi connectivity index (χ3v) is 4.06. The van der Waals surface area contributed by atoms with Gasteiger partial charge in [-0.1, -0.05) is 17.7 Å². The standard InChI is InChI=1S/C17H19N3O2/c1-10-5-6-14(11(2)7-10)19-16(21)9-15(17(19)22)20-13(4)8-12(3)18-20/h5-8,15H,9H2,1-4H3/t15-/m1/s1. The largest absolute Gasteiger partial charge is 0.274 e. The Balaban J connectivity index is 2.00. The lowest BCUT2D eigenvalue weighted by Gasteiger charge is -2.18. The predicted octanol–water partition coefficient (Wildman–Crippen LogP) is 2.62. The van der Waals surface area contributed by atoms with Crippen LogP contribution in [0, 0.1) is 27.7 Å². The van der Waals surface area contributed by atoms with Crippen molar-refractivity contribution in [1.82, 2.24) is 9.78 Å². The molecule has 0 spiro atoms. The molecule has 1 aliphatic heterocycles. The molecular weight excluding hydrogens is 278 g/mol. The first-order valence-corrected chi connectivity index (χ1v) is 7.35. The molecule has 2 heterocycles. The number of aryl methyl sites for hydroxylation is 4. The van der Waals surface area contributed by atoms with Gasteiger partial charge < -0.3 is 0 Å². The number of aromatic nitrogens is 2. The first-order valence-electron chi connectivity index (χ1n) is 7.35. The molecule has 0 bridgehead atoms. The van der Waals surface area contributed by atoms with E-state index < -0.39 is 6.04 Å². The van der Waals surface area contributed by atoms with E-state index in [1.165, 1.54) is 4.90 Å². The predicted molar refractivity (Wildman–Crippen MR) is 83.8 cm³/mol. The van der Waals surface area contributed by atoms with Crippen molar-refractivity contribution in [3.05, 3.63) is 46.8 Å². The molecule has 2 amide bonds.